The van der Waals surface area contributed by atoms with Gasteiger partial charge in [-0.25, -0.2) is 14.4 Å². The fourth-order valence-corrected chi connectivity index (χ4v) is 3.24. The van der Waals surface area contributed by atoms with Crippen LogP contribution < -0.4 is 10.6 Å². The van der Waals surface area contributed by atoms with Gasteiger partial charge in [0.15, 0.2) is 5.65 Å². The summed E-state index contributed by atoms with van der Waals surface area (Å²) in [6.07, 6.45) is 4.65. The van der Waals surface area contributed by atoms with Gasteiger partial charge >= 0.3 is 0 Å². The number of amides is 1. The van der Waals surface area contributed by atoms with Gasteiger partial charge in [0, 0.05) is 30.7 Å². The molecular weight excluding hydrogens is 397 g/mol. The highest BCUT2D eigenvalue weighted by atomic mass is 19.1. The molecule has 8 nitrogen and oxygen atoms in total. The molecule has 3 aromatic heterocycles. The molecule has 0 radical (unpaired) electrons. The van der Waals surface area contributed by atoms with Crippen molar-refractivity contribution in [3.05, 3.63) is 83.3 Å². The summed E-state index contributed by atoms with van der Waals surface area (Å²) in [4.78, 5) is 28.8. The molecule has 4 aromatic rings. The Morgan fingerprint density at radius 1 is 1.19 bits per heavy atom. The van der Waals surface area contributed by atoms with Crippen LogP contribution in [0.2, 0.25) is 0 Å². The molecule has 1 atom stereocenters. The number of carbonyl (C=O) groups excluding carboxylic acids is 1. The lowest BCUT2D eigenvalue weighted by Crippen LogP contribution is -2.27. The number of aromatic nitrogens is 4. The smallest absolute Gasteiger partial charge is 0.255 e. The summed E-state index contributed by atoms with van der Waals surface area (Å²) in [6, 6.07) is 9.30. The maximum atomic E-state index is 13.5. The molecule has 0 saturated heterocycles. The van der Waals surface area contributed by atoms with Crippen molar-refractivity contribution in [2.24, 2.45) is 0 Å². The molecule has 0 unspecified atom stereocenters. The summed E-state index contributed by atoms with van der Waals surface area (Å²) in [5.74, 6) is -0.742. The molecule has 31 heavy (non-hydrogen) atoms. The Kier molecular flexibility index (Phi) is 5.40. The van der Waals surface area contributed by atoms with Crippen LogP contribution in [0.25, 0.3) is 11.2 Å². The molecule has 0 aliphatic rings. The lowest BCUT2D eigenvalue weighted by Gasteiger charge is -2.13. The first kappa shape index (κ1) is 20.1. The van der Waals surface area contributed by atoms with E-state index in [1.54, 1.807) is 13.2 Å². The molecule has 0 fully saturated rings. The van der Waals surface area contributed by atoms with E-state index in [9.17, 15) is 9.18 Å². The van der Waals surface area contributed by atoms with Crippen molar-refractivity contribution < 1.29 is 9.18 Å². The zero-order valence-corrected chi connectivity index (χ0v) is 16.9. The number of hydrogen-bond donors (Lipinski definition) is 4. The summed E-state index contributed by atoms with van der Waals surface area (Å²) in [6.45, 7) is 1.84. The molecule has 3 heterocycles. The van der Waals surface area contributed by atoms with Crippen LogP contribution in [-0.2, 0) is 0 Å². The summed E-state index contributed by atoms with van der Waals surface area (Å²) >= 11 is 0. The van der Waals surface area contributed by atoms with Gasteiger partial charge in [0.05, 0.1) is 29.2 Å². The third kappa shape index (κ3) is 3.97. The molecule has 4 rings (SSSR count). The minimum absolute atomic E-state index is 0.0631. The van der Waals surface area contributed by atoms with Crippen LogP contribution in [0.15, 0.2) is 55.0 Å². The first-order chi connectivity index (χ1) is 15.0. The summed E-state index contributed by atoms with van der Waals surface area (Å²) in [5.41, 5.74) is 3.09. The van der Waals surface area contributed by atoms with Crippen LogP contribution in [0.4, 0.5) is 10.1 Å². The molecule has 0 bridgehead atoms. The van der Waals surface area contributed by atoms with Gasteiger partial charge in [-0.15, -0.1) is 0 Å². The second-order valence-electron chi connectivity index (χ2n) is 6.92. The van der Waals surface area contributed by atoms with E-state index < -0.39 is 5.82 Å². The fraction of sp³-hybridized carbons (Fsp3) is 0.136. The van der Waals surface area contributed by atoms with E-state index >= 15 is 0 Å². The minimum atomic E-state index is -0.408. The Labute approximate surface area is 177 Å². The molecule has 0 aliphatic carbocycles. The van der Waals surface area contributed by atoms with Crippen molar-refractivity contribution in [1.29, 1.82) is 5.41 Å². The number of anilines is 1. The number of carbonyl (C=O) groups is 1. The Morgan fingerprint density at radius 3 is 2.77 bits per heavy atom. The number of benzene rings is 1. The number of nitrogens with one attached hydrogen (secondary N) is 4. The minimum Gasteiger partial charge on any atom is -0.387 e. The molecule has 4 N–H and O–H groups in total. The SMILES string of the molecule is CNc1cc(F)ccc1C(=N)c1cnc2[nH]cc(C(=O)N[C@H](C)c3ccccn3)c2n1. The number of H-pyrrole nitrogens is 1. The van der Waals surface area contributed by atoms with Crippen molar-refractivity contribution in [1.82, 2.24) is 25.3 Å². The fourth-order valence-electron chi connectivity index (χ4n) is 3.24. The average molecular weight is 417 g/mol. The monoisotopic (exact) mass is 417 g/mol. The number of nitrogens with zero attached hydrogens (tertiary/aromatic N) is 3. The number of pyridine rings is 1. The van der Waals surface area contributed by atoms with Crippen LogP contribution in [0.3, 0.4) is 0 Å². The lowest BCUT2D eigenvalue weighted by molar-refractivity contribution is 0.0940. The van der Waals surface area contributed by atoms with Crippen LogP contribution in [0.5, 0.6) is 0 Å². The number of rotatable bonds is 6. The summed E-state index contributed by atoms with van der Waals surface area (Å²) in [5, 5.41) is 14.3. The lowest BCUT2D eigenvalue weighted by atomic mass is 10.1. The Hall–Kier alpha value is -4.14. The van der Waals surface area contributed by atoms with Gasteiger partial charge in [-0.2, -0.15) is 0 Å². The van der Waals surface area contributed by atoms with Gasteiger partial charge in [0.2, 0.25) is 0 Å². The van der Waals surface area contributed by atoms with Crippen molar-refractivity contribution >= 4 is 28.5 Å². The summed E-state index contributed by atoms with van der Waals surface area (Å²) in [7, 11) is 1.65. The van der Waals surface area contributed by atoms with Gasteiger partial charge < -0.3 is 15.6 Å². The van der Waals surface area contributed by atoms with Gasteiger partial charge in [0.1, 0.15) is 17.0 Å². The van der Waals surface area contributed by atoms with Crippen LogP contribution in [-0.4, -0.2) is 38.6 Å². The van der Waals surface area contributed by atoms with Crippen molar-refractivity contribution in [2.75, 3.05) is 12.4 Å². The van der Waals surface area contributed by atoms with Crippen LogP contribution in [0, 0.1) is 11.2 Å². The first-order valence-corrected chi connectivity index (χ1v) is 9.60. The topological polar surface area (TPSA) is 119 Å². The van der Waals surface area contributed by atoms with E-state index in [1.165, 1.54) is 30.6 Å². The third-order valence-corrected chi connectivity index (χ3v) is 4.88. The molecule has 9 heteroatoms. The van der Waals surface area contributed by atoms with Gasteiger partial charge in [-0.05, 0) is 37.3 Å². The second kappa shape index (κ2) is 8.31. The molecule has 1 amide bonds. The largest absolute Gasteiger partial charge is 0.387 e. The molecule has 156 valence electrons. The van der Waals surface area contributed by atoms with E-state index in [1.807, 2.05) is 25.1 Å². The number of hydrogen-bond acceptors (Lipinski definition) is 6. The molecule has 0 spiro atoms. The highest BCUT2D eigenvalue weighted by Gasteiger charge is 2.19. The van der Waals surface area contributed by atoms with Crippen molar-refractivity contribution in [3.8, 4) is 0 Å². The average Bonchev–Trinajstić information content (AvgIpc) is 3.22. The summed E-state index contributed by atoms with van der Waals surface area (Å²) < 4.78 is 13.5. The second-order valence-corrected chi connectivity index (χ2v) is 6.92. The molecule has 1 aromatic carbocycles. The standard InChI is InChI=1S/C22H20FN7O/c1-12(16-5-3-4-8-26-16)29-22(31)15-10-27-21-20(15)30-18(11-28-21)19(24)14-7-6-13(23)9-17(14)25-2/h3-12,24-25H,1-2H3,(H,27,28)(H,29,31)/t12-/m1/s1. The highest BCUT2D eigenvalue weighted by molar-refractivity contribution is 6.14. The van der Waals surface area contributed by atoms with Crippen LogP contribution in [0.1, 0.15) is 40.3 Å². The normalized spacial score (nSPS) is 11.8. The number of fused-ring (bicyclic) bond motifs is 1. The van der Waals surface area contributed by atoms with Crippen LogP contribution >= 0.6 is 0 Å². The zero-order chi connectivity index (χ0) is 22.0. The van der Waals surface area contributed by atoms with Gasteiger partial charge in [0.25, 0.3) is 5.91 Å². The maximum absolute atomic E-state index is 13.5. The molecular formula is C22H20FN7O. The van der Waals surface area contributed by atoms with E-state index in [4.69, 9.17) is 5.41 Å². The third-order valence-electron chi connectivity index (χ3n) is 4.88. The molecule has 0 aliphatic heterocycles. The van der Waals surface area contributed by atoms with E-state index in [2.05, 4.69) is 30.6 Å². The zero-order valence-electron chi connectivity index (χ0n) is 16.9. The quantitative estimate of drug-likeness (QED) is 0.358. The van der Waals surface area contributed by atoms with E-state index in [0.717, 1.165) is 5.69 Å². The Morgan fingerprint density at radius 2 is 2.03 bits per heavy atom. The van der Waals surface area contributed by atoms with Gasteiger partial charge in [-0.3, -0.25) is 15.2 Å². The van der Waals surface area contributed by atoms with E-state index in [-0.39, 0.29) is 23.4 Å². The molecule has 0 saturated carbocycles. The Balaban J connectivity index is 1.65. The number of halogens is 1. The van der Waals surface area contributed by atoms with E-state index in [0.29, 0.717) is 28.0 Å². The van der Waals surface area contributed by atoms with Gasteiger partial charge in [-0.1, -0.05) is 6.07 Å². The highest BCUT2D eigenvalue weighted by Crippen LogP contribution is 2.22. The van der Waals surface area contributed by atoms with Crippen molar-refractivity contribution in [3.63, 3.8) is 0 Å². The predicted molar refractivity (Wildman–Crippen MR) is 116 cm³/mol. The van der Waals surface area contributed by atoms with Crippen molar-refractivity contribution in [2.45, 2.75) is 13.0 Å². The number of aromatic amines is 1. The first-order valence-electron chi connectivity index (χ1n) is 9.60. The predicted octanol–water partition coefficient (Wildman–Crippen LogP) is 3.44. The maximum Gasteiger partial charge on any atom is 0.255 e. The Bertz CT molecular complexity index is 1270.